The van der Waals surface area contributed by atoms with E-state index < -0.39 is 0 Å². The van der Waals surface area contributed by atoms with Gasteiger partial charge in [0, 0.05) is 0 Å². The van der Waals surface area contributed by atoms with E-state index in [1.54, 1.807) is 0 Å². The Balaban J connectivity index is 2.35. The second-order valence-corrected chi connectivity index (χ2v) is 4.17. The van der Waals surface area contributed by atoms with E-state index in [0.29, 0.717) is 0 Å². The molecular formula is C9H17N5. The zero-order valence-electron chi connectivity index (χ0n) is 8.77. The molecule has 2 N–H and O–H groups in total. The quantitative estimate of drug-likeness (QED) is 0.780. The van der Waals surface area contributed by atoms with Crippen molar-refractivity contribution < 1.29 is 0 Å². The maximum absolute atomic E-state index is 5.83. The average molecular weight is 195 g/mol. The van der Waals surface area contributed by atoms with E-state index in [2.05, 4.69) is 22.4 Å². The Hall–Kier alpha value is -0.970. The largest absolute Gasteiger partial charge is 0.322 e. The number of rotatable bonds is 3. The fraction of sp³-hybridized carbons (Fsp3) is 0.889. The van der Waals surface area contributed by atoms with Crippen molar-refractivity contribution in [1.29, 1.82) is 0 Å². The molecule has 1 unspecified atom stereocenters. The van der Waals surface area contributed by atoms with Crippen molar-refractivity contribution in [2.24, 2.45) is 5.73 Å². The van der Waals surface area contributed by atoms with Gasteiger partial charge in [-0.2, -0.15) is 0 Å². The van der Waals surface area contributed by atoms with E-state index in [-0.39, 0.29) is 11.6 Å². The van der Waals surface area contributed by atoms with Gasteiger partial charge in [0.15, 0.2) is 5.82 Å². The molecule has 0 saturated heterocycles. The van der Waals surface area contributed by atoms with Crippen LogP contribution in [0.25, 0.3) is 0 Å². The Morgan fingerprint density at radius 3 is 2.71 bits per heavy atom. The Bertz CT molecular complexity index is 307. The molecule has 78 valence electrons. The van der Waals surface area contributed by atoms with Crippen LogP contribution >= 0.6 is 0 Å². The van der Waals surface area contributed by atoms with Gasteiger partial charge in [0.1, 0.15) is 0 Å². The van der Waals surface area contributed by atoms with Crippen molar-refractivity contribution in [1.82, 2.24) is 20.2 Å². The molecule has 0 bridgehead atoms. The van der Waals surface area contributed by atoms with E-state index in [9.17, 15) is 0 Å². The predicted molar refractivity (Wildman–Crippen MR) is 52.5 cm³/mol. The molecule has 1 saturated carbocycles. The van der Waals surface area contributed by atoms with E-state index in [1.807, 2.05) is 11.6 Å². The molecule has 5 nitrogen and oxygen atoms in total. The topological polar surface area (TPSA) is 69.6 Å². The standard InChI is InChI=1S/C9H17N5/c1-3-9(5-4-6-9)14-8(7(2)10)11-12-13-14/h7H,3-6,10H2,1-2H3. The molecular weight excluding hydrogens is 178 g/mol. The molecule has 1 heterocycles. The molecule has 0 amide bonds. The lowest BCUT2D eigenvalue weighted by Gasteiger charge is -2.41. The number of hydrogen-bond acceptors (Lipinski definition) is 4. The molecule has 2 rings (SSSR count). The molecule has 14 heavy (non-hydrogen) atoms. The minimum Gasteiger partial charge on any atom is -0.322 e. The van der Waals surface area contributed by atoms with Crippen LogP contribution in [0.1, 0.15) is 51.4 Å². The van der Waals surface area contributed by atoms with Crippen LogP contribution in [0, 0.1) is 0 Å². The molecule has 0 aliphatic heterocycles. The highest BCUT2D eigenvalue weighted by molar-refractivity contribution is 5.00. The van der Waals surface area contributed by atoms with Crippen LogP contribution in [0.15, 0.2) is 0 Å². The first-order chi connectivity index (χ1) is 6.69. The van der Waals surface area contributed by atoms with Crippen molar-refractivity contribution in [2.45, 2.75) is 51.1 Å². The first kappa shape index (κ1) is 9.58. The Morgan fingerprint density at radius 1 is 1.57 bits per heavy atom. The van der Waals surface area contributed by atoms with Gasteiger partial charge < -0.3 is 5.73 Å². The lowest BCUT2D eigenvalue weighted by atomic mass is 9.75. The van der Waals surface area contributed by atoms with Crippen LogP contribution in [0.4, 0.5) is 0 Å². The van der Waals surface area contributed by atoms with Gasteiger partial charge in [-0.05, 0) is 43.0 Å². The molecule has 1 aromatic rings. The van der Waals surface area contributed by atoms with E-state index in [1.165, 1.54) is 19.3 Å². The highest BCUT2D eigenvalue weighted by Crippen LogP contribution is 2.42. The SMILES string of the molecule is CCC1(n2nnnc2C(C)N)CCC1. The summed E-state index contributed by atoms with van der Waals surface area (Å²) < 4.78 is 1.95. The third-order valence-corrected chi connectivity index (χ3v) is 3.29. The average Bonchev–Trinajstić information content (AvgIpc) is 2.52. The monoisotopic (exact) mass is 195 g/mol. The maximum Gasteiger partial charge on any atom is 0.168 e. The summed E-state index contributed by atoms with van der Waals surface area (Å²) in [6, 6.07) is -0.0889. The van der Waals surface area contributed by atoms with Crippen molar-refractivity contribution in [3.05, 3.63) is 5.82 Å². The lowest BCUT2D eigenvalue weighted by Crippen LogP contribution is -2.42. The summed E-state index contributed by atoms with van der Waals surface area (Å²) in [5, 5.41) is 11.8. The summed E-state index contributed by atoms with van der Waals surface area (Å²) in [6.07, 6.45) is 4.70. The number of hydrogen-bond donors (Lipinski definition) is 1. The summed E-state index contributed by atoms with van der Waals surface area (Å²) in [5.41, 5.74) is 5.99. The summed E-state index contributed by atoms with van der Waals surface area (Å²) in [6.45, 7) is 4.11. The van der Waals surface area contributed by atoms with Crippen molar-refractivity contribution in [2.75, 3.05) is 0 Å². The van der Waals surface area contributed by atoms with Crippen molar-refractivity contribution in [3.8, 4) is 0 Å². The number of tetrazole rings is 1. The van der Waals surface area contributed by atoms with E-state index in [4.69, 9.17) is 5.73 Å². The highest BCUT2D eigenvalue weighted by atomic mass is 15.6. The Morgan fingerprint density at radius 2 is 2.29 bits per heavy atom. The van der Waals surface area contributed by atoms with Gasteiger partial charge in [-0.15, -0.1) is 5.10 Å². The summed E-state index contributed by atoms with van der Waals surface area (Å²) in [5.74, 6) is 0.812. The minimum absolute atomic E-state index is 0.0889. The molecule has 5 heteroatoms. The Kier molecular flexibility index (Phi) is 2.26. The van der Waals surface area contributed by atoms with Gasteiger partial charge in [0.25, 0.3) is 0 Å². The maximum atomic E-state index is 5.83. The van der Waals surface area contributed by atoms with Crippen molar-refractivity contribution >= 4 is 0 Å². The number of nitrogens with two attached hydrogens (primary N) is 1. The molecule has 1 aromatic heterocycles. The van der Waals surface area contributed by atoms with Gasteiger partial charge in [0.2, 0.25) is 0 Å². The molecule has 0 spiro atoms. The van der Waals surface area contributed by atoms with E-state index >= 15 is 0 Å². The zero-order chi connectivity index (χ0) is 10.2. The van der Waals surface area contributed by atoms with Gasteiger partial charge in [0.05, 0.1) is 11.6 Å². The lowest BCUT2D eigenvalue weighted by molar-refractivity contribution is 0.110. The van der Waals surface area contributed by atoms with Crippen LogP contribution in [-0.4, -0.2) is 20.2 Å². The Labute approximate surface area is 83.7 Å². The smallest absolute Gasteiger partial charge is 0.168 e. The second kappa shape index (κ2) is 3.31. The van der Waals surface area contributed by atoms with Crippen LogP contribution < -0.4 is 5.73 Å². The third kappa shape index (κ3) is 1.23. The van der Waals surface area contributed by atoms with Crippen molar-refractivity contribution in [3.63, 3.8) is 0 Å². The fourth-order valence-electron chi connectivity index (χ4n) is 2.12. The molecule has 0 aromatic carbocycles. The third-order valence-electron chi connectivity index (χ3n) is 3.29. The summed E-state index contributed by atoms with van der Waals surface area (Å²) in [4.78, 5) is 0. The van der Waals surface area contributed by atoms with Gasteiger partial charge in [-0.1, -0.05) is 6.92 Å². The molecule has 1 atom stereocenters. The first-order valence-electron chi connectivity index (χ1n) is 5.24. The zero-order valence-corrected chi connectivity index (χ0v) is 8.77. The normalized spacial score (nSPS) is 21.6. The summed E-state index contributed by atoms with van der Waals surface area (Å²) >= 11 is 0. The van der Waals surface area contributed by atoms with Gasteiger partial charge in [-0.3, -0.25) is 0 Å². The molecule has 1 aliphatic rings. The predicted octanol–water partition coefficient (Wildman–Crippen LogP) is 0.982. The first-order valence-corrected chi connectivity index (χ1v) is 5.24. The van der Waals surface area contributed by atoms with Crippen LogP contribution in [0.2, 0.25) is 0 Å². The molecule has 0 radical (unpaired) electrons. The van der Waals surface area contributed by atoms with Crippen LogP contribution in [0.3, 0.4) is 0 Å². The van der Waals surface area contributed by atoms with E-state index in [0.717, 1.165) is 12.2 Å². The van der Waals surface area contributed by atoms with Gasteiger partial charge >= 0.3 is 0 Å². The van der Waals surface area contributed by atoms with Gasteiger partial charge in [-0.25, -0.2) is 4.68 Å². The fourth-order valence-corrected chi connectivity index (χ4v) is 2.12. The minimum atomic E-state index is -0.0889. The number of nitrogens with zero attached hydrogens (tertiary/aromatic N) is 4. The molecule has 1 fully saturated rings. The van der Waals surface area contributed by atoms with Crippen LogP contribution in [0.5, 0.6) is 0 Å². The summed E-state index contributed by atoms with van der Waals surface area (Å²) in [7, 11) is 0. The number of aromatic nitrogens is 4. The van der Waals surface area contributed by atoms with Crippen LogP contribution in [-0.2, 0) is 5.54 Å². The second-order valence-electron chi connectivity index (χ2n) is 4.17. The molecule has 1 aliphatic carbocycles. The highest BCUT2D eigenvalue weighted by Gasteiger charge is 2.40.